The summed E-state index contributed by atoms with van der Waals surface area (Å²) < 4.78 is 21.9. The van der Waals surface area contributed by atoms with Crippen LogP contribution in [0.4, 0.5) is 28.8 Å². The normalized spacial score (nSPS) is 16.2. The molecular formula is C34H41BrN11O2P. The summed E-state index contributed by atoms with van der Waals surface area (Å²) in [7, 11) is 0.842. The summed E-state index contributed by atoms with van der Waals surface area (Å²) in [4.78, 5) is 23.4. The summed E-state index contributed by atoms with van der Waals surface area (Å²) in [6, 6.07) is 8.57. The highest BCUT2D eigenvalue weighted by Gasteiger charge is 2.28. The van der Waals surface area contributed by atoms with E-state index in [-0.39, 0.29) is 0 Å². The van der Waals surface area contributed by atoms with E-state index in [1.807, 2.05) is 36.3 Å². The lowest BCUT2D eigenvalue weighted by atomic mass is 10.0. The first-order chi connectivity index (χ1) is 23.7. The minimum absolute atomic E-state index is 0.364. The SMILES string of the molecule is COc1cc(N2CCN(C3CCNCC3)CC2)c(-c2cnn(C)c2)cc1Nc1ncc(Br)c(Nc2ccc3nccnc3c2P(C)(C)=O)n1. The average Bonchev–Trinajstić information content (AvgIpc) is 3.55. The van der Waals surface area contributed by atoms with Gasteiger partial charge in [0.25, 0.3) is 0 Å². The summed E-state index contributed by atoms with van der Waals surface area (Å²) in [5, 5.41) is 15.4. The van der Waals surface area contributed by atoms with Crippen molar-refractivity contribution in [1.82, 2.24) is 39.9 Å². The predicted molar refractivity (Wildman–Crippen MR) is 200 cm³/mol. The van der Waals surface area contributed by atoms with Crippen molar-refractivity contribution in [1.29, 1.82) is 0 Å². The Morgan fingerprint density at radius 3 is 2.47 bits per heavy atom. The maximum atomic E-state index is 13.5. The van der Waals surface area contributed by atoms with Gasteiger partial charge in [0.05, 0.1) is 40.0 Å². The molecule has 256 valence electrons. The van der Waals surface area contributed by atoms with Gasteiger partial charge < -0.3 is 30.2 Å². The van der Waals surface area contributed by atoms with Crippen molar-refractivity contribution in [3.8, 4) is 16.9 Å². The highest BCUT2D eigenvalue weighted by molar-refractivity contribution is 9.10. The predicted octanol–water partition coefficient (Wildman–Crippen LogP) is 5.20. The van der Waals surface area contributed by atoms with Crippen LogP contribution in [0, 0.1) is 0 Å². The molecule has 0 saturated carbocycles. The zero-order chi connectivity index (χ0) is 34.1. The number of rotatable bonds is 9. The third-order valence-electron chi connectivity index (χ3n) is 9.21. The lowest BCUT2D eigenvalue weighted by Crippen LogP contribution is -2.52. The Kier molecular flexibility index (Phi) is 9.56. The third kappa shape index (κ3) is 7.14. The summed E-state index contributed by atoms with van der Waals surface area (Å²) in [5.41, 5.74) is 5.82. The van der Waals surface area contributed by atoms with Gasteiger partial charge in [-0.25, -0.2) is 4.98 Å². The van der Waals surface area contributed by atoms with Gasteiger partial charge in [0, 0.05) is 86.9 Å². The fraction of sp³-hybridized carbons (Fsp3) is 0.382. The molecule has 2 aromatic carbocycles. The molecule has 3 aromatic heterocycles. The summed E-state index contributed by atoms with van der Waals surface area (Å²) >= 11 is 3.60. The number of benzene rings is 2. The molecule has 2 aliphatic heterocycles. The van der Waals surface area contributed by atoms with E-state index in [1.54, 1.807) is 39.0 Å². The van der Waals surface area contributed by atoms with Crippen molar-refractivity contribution < 1.29 is 9.30 Å². The van der Waals surface area contributed by atoms with Crippen LogP contribution in [0.25, 0.3) is 22.2 Å². The number of piperidine rings is 1. The Bertz CT molecular complexity index is 2020. The molecule has 0 aliphatic carbocycles. The lowest BCUT2D eigenvalue weighted by molar-refractivity contribution is 0.153. The maximum absolute atomic E-state index is 13.5. The van der Waals surface area contributed by atoms with Crippen molar-refractivity contribution in [2.45, 2.75) is 18.9 Å². The summed E-state index contributed by atoms with van der Waals surface area (Å²) in [5.74, 6) is 1.55. The number of piperazine rings is 1. The molecule has 0 unspecified atom stereocenters. The van der Waals surface area contributed by atoms with Gasteiger partial charge in [-0.2, -0.15) is 10.1 Å². The van der Waals surface area contributed by atoms with Gasteiger partial charge in [-0.15, -0.1) is 0 Å². The monoisotopic (exact) mass is 745 g/mol. The Hall–Kier alpha value is -4.10. The molecule has 15 heteroatoms. The molecule has 0 radical (unpaired) electrons. The maximum Gasteiger partial charge on any atom is 0.229 e. The van der Waals surface area contributed by atoms with Gasteiger partial charge >= 0.3 is 0 Å². The molecule has 7 rings (SSSR count). The molecule has 2 aliphatic rings. The Balaban J connectivity index is 1.20. The smallest absolute Gasteiger partial charge is 0.229 e. The number of fused-ring (bicyclic) bond motifs is 1. The van der Waals surface area contributed by atoms with Crippen molar-refractivity contribution in [2.75, 3.05) is 75.2 Å². The van der Waals surface area contributed by atoms with Crippen molar-refractivity contribution in [2.24, 2.45) is 7.05 Å². The number of aromatic nitrogens is 6. The van der Waals surface area contributed by atoms with Crippen LogP contribution in [0.5, 0.6) is 5.75 Å². The molecule has 0 spiro atoms. The number of aryl methyl sites for hydroxylation is 1. The lowest BCUT2D eigenvalue weighted by Gasteiger charge is -2.42. The van der Waals surface area contributed by atoms with Crippen molar-refractivity contribution >= 4 is 68.2 Å². The second-order valence-electron chi connectivity index (χ2n) is 12.9. The molecule has 5 heterocycles. The largest absolute Gasteiger partial charge is 0.494 e. The molecule has 2 saturated heterocycles. The summed E-state index contributed by atoms with van der Waals surface area (Å²) in [6.45, 7) is 9.58. The first-order valence-corrected chi connectivity index (χ1v) is 19.8. The molecule has 49 heavy (non-hydrogen) atoms. The highest BCUT2D eigenvalue weighted by Crippen LogP contribution is 2.43. The van der Waals surface area contributed by atoms with Crippen LogP contribution in [-0.2, 0) is 11.6 Å². The number of nitrogens with one attached hydrogen (secondary N) is 3. The second kappa shape index (κ2) is 14.0. The Labute approximate surface area is 294 Å². The summed E-state index contributed by atoms with van der Waals surface area (Å²) in [6.07, 6.45) is 11.3. The molecule has 13 nitrogen and oxygen atoms in total. The average molecular weight is 747 g/mol. The number of methoxy groups -OCH3 is 1. The number of hydrogen-bond acceptors (Lipinski definition) is 12. The van der Waals surface area contributed by atoms with Gasteiger partial charge in [0.1, 0.15) is 24.2 Å². The van der Waals surface area contributed by atoms with Gasteiger partial charge in [-0.05, 0) is 73.4 Å². The van der Waals surface area contributed by atoms with Crippen LogP contribution in [0.15, 0.2) is 59.7 Å². The highest BCUT2D eigenvalue weighted by atomic mass is 79.9. The number of hydrogen-bond donors (Lipinski definition) is 3. The zero-order valence-corrected chi connectivity index (χ0v) is 30.6. The first-order valence-electron chi connectivity index (χ1n) is 16.4. The van der Waals surface area contributed by atoms with Crippen molar-refractivity contribution in [3.05, 3.63) is 59.7 Å². The number of ether oxygens (including phenoxy) is 1. The topological polar surface area (TPSA) is 138 Å². The van der Waals surface area contributed by atoms with E-state index in [9.17, 15) is 4.57 Å². The van der Waals surface area contributed by atoms with Crippen LogP contribution in [-0.4, -0.2) is 100 Å². The van der Waals surface area contributed by atoms with Crippen LogP contribution < -0.4 is 30.9 Å². The van der Waals surface area contributed by atoms with Gasteiger partial charge in [-0.3, -0.25) is 19.5 Å². The number of anilines is 5. The quantitative estimate of drug-likeness (QED) is 0.171. The Morgan fingerprint density at radius 1 is 0.980 bits per heavy atom. The van der Waals surface area contributed by atoms with Crippen molar-refractivity contribution in [3.63, 3.8) is 0 Å². The van der Waals surface area contributed by atoms with E-state index >= 15 is 0 Å². The molecule has 5 aromatic rings. The molecule has 2 fully saturated rings. The van der Waals surface area contributed by atoms with Gasteiger partial charge in [0.15, 0.2) is 0 Å². The first kappa shape index (κ1) is 33.4. The fourth-order valence-corrected chi connectivity index (χ4v) is 8.50. The fourth-order valence-electron chi connectivity index (χ4n) is 6.82. The number of halogens is 1. The minimum Gasteiger partial charge on any atom is -0.494 e. The molecular weight excluding hydrogens is 705 g/mol. The molecule has 3 N–H and O–H groups in total. The third-order valence-corrected chi connectivity index (χ3v) is 11.3. The second-order valence-corrected chi connectivity index (χ2v) is 16.9. The van der Waals surface area contributed by atoms with E-state index in [2.05, 4.69) is 73.9 Å². The van der Waals surface area contributed by atoms with Gasteiger partial charge in [0.2, 0.25) is 5.95 Å². The van der Waals surface area contributed by atoms with Crippen LogP contribution in [0.3, 0.4) is 0 Å². The number of nitrogens with zero attached hydrogens (tertiary/aromatic N) is 8. The van der Waals surface area contributed by atoms with E-state index in [4.69, 9.17) is 9.72 Å². The van der Waals surface area contributed by atoms with Crippen LogP contribution in [0.2, 0.25) is 0 Å². The minimum atomic E-state index is -2.76. The zero-order valence-electron chi connectivity index (χ0n) is 28.1. The molecule has 0 atom stereocenters. The van der Waals surface area contributed by atoms with Crippen LogP contribution in [0.1, 0.15) is 12.8 Å². The molecule has 0 bridgehead atoms. The van der Waals surface area contributed by atoms with Crippen LogP contribution >= 0.6 is 23.1 Å². The van der Waals surface area contributed by atoms with E-state index in [0.29, 0.717) is 50.1 Å². The Morgan fingerprint density at radius 2 is 1.76 bits per heavy atom. The van der Waals surface area contributed by atoms with E-state index in [1.165, 1.54) is 12.8 Å². The van der Waals surface area contributed by atoms with Gasteiger partial charge in [-0.1, -0.05) is 0 Å². The van der Waals surface area contributed by atoms with E-state index < -0.39 is 7.14 Å². The molecule has 0 amide bonds. The standard InChI is InChI=1S/C34H41BrN11O2P/c1-44-21-22(19-40-44)24-17-28(30(48-2)18-29(24)46-15-13-45(14-16-46)23-7-9-36-10-8-23)42-34-39-20-25(35)33(43-34)41-27-6-5-26-31(38-12-11-37-26)32(27)49(3,4)47/h5-6,11-12,17-21,23,36H,7-10,13-16H2,1-4H3,(H2,39,41,42,43). The van der Waals surface area contributed by atoms with E-state index in [0.717, 1.165) is 61.8 Å².